The Hall–Kier alpha value is -0.930. The summed E-state index contributed by atoms with van der Waals surface area (Å²) < 4.78 is 13.6. The zero-order valence-electron chi connectivity index (χ0n) is 12.6. The van der Waals surface area contributed by atoms with Crippen LogP contribution in [0.2, 0.25) is 0 Å². The lowest BCUT2D eigenvalue weighted by atomic mass is 10.1. The second-order valence-electron chi connectivity index (χ2n) is 5.25. The number of rotatable bonds is 8. The van der Waals surface area contributed by atoms with Crippen molar-refractivity contribution in [2.75, 3.05) is 19.6 Å². The molecule has 3 heteroatoms. The Morgan fingerprint density at radius 2 is 1.74 bits per heavy atom. The third kappa shape index (κ3) is 5.70. The zero-order chi connectivity index (χ0) is 14.3. The number of benzene rings is 1. The van der Waals surface area contributed by atoms with Crippen molar-refractivity contribution in [3.63, 3.8) is 0 Å². The third-order valence-corrected chi connectivity index (χ3v) is 3.48. The summed E-state index contributed by atoms with van der Waals surface area (Å²) in [5.41, 5.74) is 0.789. The van der Waals surface area contributed by atoms with Crippen molar-refractivity contribution in [2.45, 2.75) is 46.2 Å². The number of nitrogens with zero attached hydrogens (tertiary/aromatic N) is 1. The maximum Gasteiger partial charge on any atom is 0.126 e. The number of nitrogens with one attached hydrogen (secondary N) is 1. The second kappa shape index (κ2) is 8.28. The van der Waals surface area contributed by atoms with Crippen molar-refractivity contribution in [3.8, 4) is 0 Å². The van der Waals surface area contributed by atoms with E-state index < -0.39 is 0 Å². The van der Waals surface area contributed by atoms with E-state index in [1.165, 1.54) is 6.07 Å². The number of hydrogen-bond acceptors (Lipinski definition) is 2. The van der Waals surface area contributed by atoms with Crippen LogP contribution in [-0.4, -0.2) is 36.6 Å². The van der Waals surface area contributed by atoms with Crippen LogP contribution < -0.4 is 5.32 Å². The smallest absolute Gasteiger partial charge is 0.126 e. The molecule has 0 heterocycles. The van der Waals surface area contributed by atoms with Crippen molar-refractivity contribution in [3.05, 3.63) is 35.6 Å². The lowest BCUT2D eigenvalue weighted by Gasteiger charge is -2.26. The molecule has 1 aromatic rings. The van der Waals surface area contributed by atoms with E-state index in [0.29, 0.717) is 6.04 Å². The van der Waals surface area contributed by atoms with Crippen molar-refractivity contribution in [1.29, 1.82) is 0 Å². The summed E-state index contributed by atoms with van der Waals surface area (Å²) in [5, 5.41) is 3.55. The van der Waals surface area contributed by atoms with Crippen molar-refractivity contribution in [2.24, 2.45) is 0 Å². The highest BCUT2D eigenvalue weighted by molar-refractivity contribution is 5.18. The maximum absolute atomic E-state index is 13.6. The average Bonchev–Trinajstić information content (AvgIpc) is 2.38. The minimum absolute atomic E-state index is 0.104. The quantitative estimate of drug-likeness (QED) is 0.778. The van der Waals surface area contributed by atoms with E-state index in [0.717, 1.165) is 31.6 Å². The van der Waals surface area contributed by atoms with Gasteiger partial charge >= 0.3 is 0 Å². The third-order valence-electron chi connectivity index (χ3n) is 3.48. The van der Waals surface area contributed by atoms with Gasteiger partial charge in [0, 0.05) is 18.6 Å². The molecule has 0 radical (unpaired) electrons. The van der Waals surface area contributed by atoms with Crippen LogP contribution in [0.5, 0.6) is 0 Å². The van der Waals surface area contributed by atoms with Crippen LogP contribution in [0, 0.1) is 5.82 Å². The summed E-state index contributed by atoms with van der Waals surface area (Å²) in [7, 11) is 0. The Balaban J connectivity index is 2.42. The number of halogens is 1. The zero-order valence-corrected chi connectivity index (χ0v) is 12.6. The normalized spacial score (nSPS) is 14.6. The Morgan fingerprint density at radius 3 is 2.32 bits per heavy atom. The molecule has 2 unspecified atom stereocenters. The standard InChI is InChI=1S/C16H27FN2/c1-5-19(6-2)12-14(4)18-13(3)11-15-9-7-8-10-16(15)17/h7-10,13-14,18H,5-6,11-12H2,1-4H3. The highest BCUT2D eigenvalue weighted by Gasteiger charge is 2.12. The van der Waals surface area contributed by atoms with Gasteiger partial charge < -0.3 is 10.2 Å². The predicted octanol–water partition coefficient (Wildman–Crippen LogP) is 3.08. The van der Waals surface area contributed by atoms with E-state index >= 15 is 0 Å². The molecule has 0 saturated carbocycles. The lowest BCUT2D eigenvalue weighted by molar-refractivity contribution is 0.263. The van der Waals surface area contributed by atoms with E-state index in [9.17, 15) is 4.39 Å². The molecule has 1 aromatic carbocycles. The van der Waals surface area contributed by atoms with Crippen molar-refractivity contribution >= 4 is 0 Å². The molecular formula is C16H27FN2. The molecule has 2 nitrogen and oxygen atoms in total. The molecule has 2 atom stereocenters. The minimum Gasteiger partial charge on any atom is -0.310 e. The Bertz CT molecular complexity index is 364. The molecule has 108 valence electrons. The van der Waals surface area contributed by atoms with Crippen molar-refractivity contribution < 1.29 is 4.39 Å². The first kappa shape index (κ1) is 16.1. The first-order chi connectivity index (χ1) is 9.06. The fourth-order valence-electron chi connectivity index (χ4n) is 2.46. The summed E-state index contributed by atoms with van der Waals surface area (Å²) >= 11 is 0. The maximum atomic E-state index is 13.6. The van der Waals surface area contributed by atoms with Crippen molar-refractivity contribution in [1.82, 2.24) is 10.2 Å². The summed E-state index contributed by atoms with van der Waals surface area (Å²) in [4.78, 5) is 2.40. The molecule has 0 aliphatic heterocycles. The van der Waals surface area contributed by atoms with Gasteiger partial charge in [0.15, 0.2) is 0 Å². The highest BCUT2D eigenvalue weighted by Crippen LogP contribution is 2.09. The molecular weight excluding hydrogens is 239 g/mol. The first-order valence-electron chi connectivity index (χ1n) is 7.28. The Morgan fingerprint density at radius 1 is 1.11 bits per heavy atom. The molecule has 1 rings (SSSR count). The molecule has 0 saturated heterocycles. The summed E-state index contributed by atoms with van der Waals surface area (Å²) in [6.07, 6.45) is 0.731. The summed E-state index contributed by atoms with van der Waals surface area (Å²) in [5.74, 6) is -0.104. The van der Waals surface area contributed by atoms with Crippen LogP contribution in [0.25, 0.3) is 0 Å². The summed E-state index contributed by atoms with van der Waals surface area (Å²) in [6, 6.07) is 7.72. The minimum atomic E-state index is -0.104. The van der Waals surface area contributed by atoms with Crippen LogP contribution in [-0.2, 0) is 6.42 Å². The van der Waals surface area contributed by atoms with Gasteiger partial charge in [-0.3, -0.25) is 0 Å². The molecule has 0 aromatic heterocycles. The average molecular weight is 266 g/mol. The molecule has 0 aliphatic rings. The van der Waals surface area contributed by atoms with E-state index in [4.69, 9.17) is 0 Å². The fraction of sp³-hybridized carbons (Fsp3) is 0.625. The van der Waals surface area contributed by atoms with Gasteiger partial charge in [-0.15, -0.1) is 0 Å². The number of likely N-dealkylation sites (N-methyl/N-ethyl adjacent to an activating group) is 1. The van der Waals surface area contributed by atoms with Gasteiger partial charge in [-0.2, -0.15) is 0 Å². The largest absolute Gasteiger partial charge is 0.310 e. The molecule has 0 bridgehead atoms. The van der Waals surface area contributed by atoms with E-state index in [1.807, 2.05) is 12.1 Å². The molecule has 0 aliphatic carbocycles. The lowest BCUT2D eigenvalue weighted by Crippen LogP contribution is -2.43. The van der Waals surface area contributed by atoms with E-state index in [-0.39, 0.29) is 11.9 Å². The van der Waals surface area contributed by atoms with Crippen LogP contribution in [0.3, 0.4) is 0 Å². The van der Waals surface area contributed by atoms with Gasteiger partial charge in [0.05, 0.1) is 0 Å². The SMILES string of the molecule is CCN(CC)CC(C)NC(C)Cc1ccccc1F. The summed E-state index contributed by atoms with van der Waals surface area (Å²) in [6.45, 7) is 11.8. The van der Waals surface area contributed by atoms with Gasteiger partial charge in [-0.25, -0.2) is 4.39 Å². The fourth-order valence-corrected chi connectivity index (χ4v) is 2.46. The van der Waals surface area contributed by atoms with Gasteiger partial charge in [-0.1, -0.05) is 32.0 Å². The highest BCUT2D eigenvalue weighted by atomic mass is 19.1. The van der Waals surface area contributed by atoms with Crippen LogP contribution in [0.15, 0.2) is 24.3 Å². The monoisotopic (exact) mass is 266 g/mol. The van der Waals surface area contributed by atoms with Gasteiger partial charge in [0.2, 0.25) is 0 Å². The first-order valence-corrected chi connectivity index (χ1v) is 7.28. The van der Waals surface area contributed by atoms with Gasteiger partial charge in [-0.05, 0) is 45.0 Å². The Labute approximate surface area is 117 Å². The van der Waals surface area contributed by atoms with E-state index in [2.05, 4.69) is 37.9 Å². The topological polar surface area (TPSA) is 15.3 Å². The predicted molar refractivity (Wildman–Crippen MR) is 80.0 cm³/mol. The van der Waals surface area contributed by atoms with Crippen LogP contribution in [0.4, 0.5) is 4.39 Å². The molecule has 19 heavy (non-hydrogen) atoms. The van der Waals surface area contributed by atoms with Gasteiger partial charge in [0.25, 0.3) is 0 Å². The molecule has 0 fully saturated rings. The van der Waals surface area contributed by atoms with Crippen LogP contribution in [0.1, 0.15) is 33.3 Å². The van der Waals surface area contributed by atoms with Gasteiger partial charge in [0.1, 0.15) is 5.82 Å². The molecule has 1 N–H and O–H groups in total. The van der Waals surface area contributed by atoms with Crippen LogP contribution >= 0.6 is 0 Å². The van der Waals surface area contributed by atoms with E-state index in [1.54, 1.807) is 6.07 Å². The number of hydrogen-bond donors (Lipinski definition) is 1. The molecule has 0 spiro atoms. The molecule has 0 amide bonds. The Kier molecular flexibility index (Phi) is 7.03. The second-order valence-corrected chi connectivity index (χ2v) is 5.25.